The minimum atomic E-state index is -4.44. The molecule has 0 spiro atoms. The Balaban J connectivity index is 2.49. The van der Waals surface area contributed by atoms with Crippen molar-refractivity contribution in [2.75, 3.05) is 14.2 Å². The molecule has 0 radical (unpaired) electrons. The largest absolute Gasteiger partial charge is 0.507 e. The number of aromatic hydroxyl groups is 1. The number of hydrogen-bond donors (Lipinski definition) is 2. The Bertz CT molecular complexity index is 1300. The molecule has 0 aliphatic heterocycles. The summed E-state index contributed by atoms with van der Waals surface area (Å²) in [6.45, 7) is 0. The highest BCUT2D eigenvalue weighted by Crippen LogP contribution is 2.40. The lowest BCUT2D eigenvalue weighted by molar-refractivity contribution is -0.384. The average Bonchev–Trinajstić information content (AvgIpc) is 2.66. The molecule has 0 aliphatic carbocycles. The summed E-state index contributed by atoms with van der Waals surface area (Å²) in [6.07, 6.45) is 0. The molecule has 3 N–H and O–H groups in total. The number of phenolic OH excluding ortho intramolecular Hbond substituents is 1. The smallest absolute Gasteiger partial charge is 0.269 e. The molecule has 29 heavy (non-hydrogen) atoms. The fourth-order valence-corrected chi connectivity index (χ4v) is 3.64. The van der Waals surface area contributed by atoms with Gasteiger partial charge in [0.05, 0.1) is 19.1 Å². The van der Waals surface area contributed by atoms with Crippen LogP contribution in [0.1, 0.15) is 0 Å². The number of sulfonamides is 1. The molecule has 3 rings (SSSR count). The van der Waals surface area contributed by atoms with Gasteiger partial charge in [0.25, 0.3) is 5.69 Å². The van der Waals surface area contributed by atoms with Gasteiger partial charge in [0, 0.05) is 23.8 Å². The number of nitro benzene ring substituents is 1. The van der Waals surface area contributed by atoms with Gasteiger partial charge in [-0.2, -0.15) is 0 Å². The Morgan fingerprint density at radius 3 is 2.28 bits per heavy atom. The zero-order valence-corrected chi connectivity index (χ0v) is 15.8. The van der Waals surface area contributed by atoms with Gasteiger partial charge < -0.3 is 19.0 Å². The first-order chi connectivity index (χ1) is 13.6. The molecule has 1 aromatic heterocycles. The van der Waals surface area contributed by atoms with Crippen molar-refractivity contribution < 1.29 is 32.3 Å². The third-order valence-electron chi connectivity index (χ3n) is 4.07. The van der Waals surface area contributed by atoms with E-state index in [0.717, 1.165) is 13.2 Å². The predicted molar refractivity (Wildman–Crippen MR) is 101 cm³/mol. The Labute approximate surface area is 163 Å². The fraction of sp³-hybridized carbons (Fsp3) is 0.118. The molecule has 0 atom stereocenters. The van der Waals surface area contributed by atoms with Gasteiger partial charge in [-0.25, -0.2) is 13.6 Å². The van der Waals surface area contributed by atoms with E-state index >= 15 is 0 Å². The lowest BCUT2D eigenvalue weighted by Gasteiger charge is -2.14. The van der Waals surface area contributed by atoms with E-state index in [2.05, 4.69) is 0 Å². The predicted octanol–water partition coefficient (Wildman–Crippen LogP) is 1.74. The maximum Gasteiger partial charge on any atom is 0.269 e. The molecule has 1 heterocycles. The van der Waals surface area contributed by atoms with Crippen molar-refractivity contribution in [3.63, 3.8) is 0 Å². The topological polar surface area (TPSA) is 172 Å². The standard InChI is InChI=1S/C17H14N2O9S/c1-26-11-7-10(20)12-13(21)16(27-2)14(28-15(12)17(11)29(18,24)25)8-3-5-9(6-4-8)19(22)23/h3-7,20H,1-2H3,(H2,18,24,25). The van der Waals surface area contributed by atoms with Gasteiger partial charge >= 0.3 is 0 Å². The Kier molecular flexibility index (Phi) is 4.90. The number of rotatable bonds is 5. The van der Waals surface area contributed by atoms with Crippen molar-refractivity contribution in [2.45, 2.75) is 4.90 Å². The van der Waals surface area contributed by atoms with Gasteiger partial charge in [-0.15, -0.1) is 0 Å². The van der Waals surface area contributed by atoms with E-state index < -0.39 is 42.0 Å². The number of benzene rings is 2. The van der Waals surface area contributed by atoms with E-state index in [0.29, 0.717) is 0 Å². The van der Waals surface area contributed by atoms with E-state index in [1.807, 2.05) is 0 Å². The number of fused-ring (bicyclic) bond motifs is 1. The van der Waals surface area contributed by atoms with Crippen LogP contribution in [0.5, 0.6) is 17.2 Å². The Hall–Kier alpha value is -3.64. The van der Waals surface area contributed by atoms with E-state index in [9.17, 15) is 28.4 Å². The number of primary sulfonamides is 1. The first-order valence-electron chi connectivity index (χ1n) is 7.82. The molecule has 0 saturated heterocycles. The van der Waals surface area contributed by atoms with Crippen LogP contribution in [-0.4, -0.2) is 32.7 Å². The van der Waals surface area contributed by atoms with Crippen molar-refractivity contribution in [3.05, 3.63) is 50.7 Å². The molecule has 0 fully saturated rings. The lowest BCUT2D eigenvalue weighted by atomic mass is 10.1. The minimum Gasteiger partial charge on any atom is -0.507 e. The summed E-state index contributed by atoms with van der Waals surface area (Å²) in [6, 6.07) is 5.85. The summed E-state index contributed by atoms with van der Waals surface area (Å²) in [5, 5.41) is 25.9. The number of hydrogen-bond acceptors (Lipinski definition) is 9. The molecule has 0 amide bonds. The molecule has 0 aliphatic rings. The van der Waals surface area contributed by atoms with Crippen LogP contribution in [0, 0.1) is 10.1 Å². The van der Waals surface area contributed by atoms with E-state index in [4.69, 9.17) is 19.0 Å². The summed E-state index contributed by atoms with van der Waals surface area (Å²) in [7, 11) is -2.12. The van der Waals surface area contributed by atoms with Crippen LogP contribution < -0.4 is 20.0 Å². The summed E-state index contributed by atoms with van der Waals surface area (Å²) in [5.41, 5.74) is -1.43. The molecule has 152 valence electrons. The second-order valence-electron chi connectivity index (χ2n) is 5.77. The first kappa shape index (κ1) is 20.1. The van der Waals surface area contributed by atoms with Gasteiger partial charge in [0.15, 0.2) is 16.2 Å². The summed E-state index contributed by atoms with van der Waals surface area (Å²) >= 11 is 0. The fourth-order valence-electron chi connectivity index (χ4n) is 2.82. The lowest BCUT2D eigenvalue weighted by Crippen LogP contribution is -2.16. The zero-order chi connectivity index (χ0) is 21.5. The molecule has 12 heteroatoms. The van der Waals surface area contributed by atoms with E-state index in [1.165, 1.54) is 31.4 Å². The molecule has 0 saturated carbocycles. The summed E-state index contributed by atoms with van der Waals surface area (Å²) in [4.78, 5) is 22.5. The number of nitro groups is 1. The highest BCUT2D eigenvalue weighted by molar-refractivity contribution is 7.89. The number of methoxy groups -OCH3 is 2. The Morgan fingerprint density at radius 2 is 1.79 bits per heavy atom. The average molecular weight is 422 g/mol. The van der Waals surface area contributed by atoms with E-state index in [1.54, 1.807) is 0 Å². The maximum atomic E-state index is 12.9. The SMILES string of the molecule is COc1cc(O)c2c(=O)c(OC)c(-c3ccc([N+](=O)[O-])cc3)oc2c1S(N)(=O)=O. The van der Waals surface area contributed by atoms with Gasteiger partial charge in [-0.1, -0.05) is 0 Å². The van der Waals surface area contributed by atoms with Crippen molar-refractivity contribution >= 4 is 26.7 Å². The molecular formula is C17H14N2O9S. The van der Waals surface area contributed by atoms with Crippen LogP contribution in [0.4, 0.5) is 5.69 Å². The second-order valence-corrected chi connectivity index (χ2v) is 7.27. The van der Waals surface area contributed by atoms with Gasteiger partial charge in [-0.3, -0.25) is 14.9 Å². The normalized spacial score (nSPS) is 11.4. The summed E-state index contributed by atoms with van der Waals surface area (Å²) < 4.78 is 39.9. The summed E-state index contributed by atoms with van der Waals surface area (Å²) in [5.74, 6) is -1.49. The number of ether oxygens (including phenoxy) is 2. The quantitative estimate of drug-likeness (QED) is 0.458. The number of phenols is 1. The molecular weight excluding hydrogens is 408 g/mol. The van der Waals surface area contributed by atoms with Crippen molar-refractivity contribution in [2.24, 2.45) is 5.14 Å². The first-order valence-corrected chi connectivity index (χ1v) is 9.37. The van der Waals surface area contributed by atoms with Crippen LogP contribution >= 0.6 is 0 Å². The highest BCUT2D eigenvalue weighted by Gasteiger charge is 2.28. The van der Waals surface area contributed by atoms with Crippen molar-refractivity contribution in [1.29, 1.82) is 0 Å². The van der Waals surface area contributed by atoms with Crippen molar-refractivity contribution in [3.8, 4) is 28.6 Å². The molecule has 2 aromatic carbocycles. The van der Waals surface area contributed by atoms with E-state index in [-0.39, 0.29) is 28.5 Å². The third kappa shape index (κ3) is 3.34. The highest BCUT2D eigenvalue weighted by atomic mass is 32.2. The zero-order valence-electron chi connectivity index (χ0n) is 15.0. The third-order valence-corrected chi connectivity index (χ3v) is 5.03. The second kappa shape index (κ2) is 7.07. The molecule has 0 bridgehead atoms. The maximum absolute atomic E-state index is 12.9. The van der Waals surface area contributed by atoms with Crippen LogP contribution in [0.2, 0.25) is 0 Å². The Morgan fingerprint density at radius 1 is 1.17 bits per heavy atom. The van der Waals surface area contributed by atoms with Gasteiger partial charge in [0.2, 0.25) is 21.2 Å². The minimum absolute atomic E-state index is 0.189. The monoisotopic (exact) mass is 422 g/mol. The number of nitrogens with zero attached hydrogens (tertiary/aromatic N) is 1. The molecule has 11 nitrogen and oxygen atoms in total. The number of nitrogens with two attached hydrogens (primary N) is 1. The van der Waals surface area contributed by atoms with Crippen molar-refractivity contribution in [1.82, 2.24) is 0 Å². The van der Waals surface area contributed by atoms with Crippen LogP contribution in [0.15, 0.2) is 44.4 Å². The molecule has 3 aromatic rings. The van der Waals surface area contributed by atoms with Crippen LogP contribution in [0.25, 0.3) is 22.3 Å². The van der Waals surface area contributed by atoms with Gasteiger partial charge in [-0.05, 0) is 12.1 Å². The van der Waals surface area contributed by atoms with Gasteiger partial charge in [0.1, 0.15) is 16.9 Å². The van der Waals surface area contributed by atoms with Crippen LogP contribution in [-0.2, 0) is 10.0 Å². The van der Waals surface area contributed by atoms with Crippen LogP contribution in [0.3, 0.4) is 0 Å². The number of non-ortho nitro benzene ring substituents is 1. The molecule has 0 unspecified atom stereocenters.